The molecule has 0 heterocycles. The summed E-state index contributed by atoms with van der Waals surface area (Å²) in [6, 6.07) is 0. The Morgan fingerprint density at radius 2 is 1.90 bits per heavy atom. The molecule has 0 aliphatic heterocycles. The molecule has 0 radical (unpaired) electrons. The van der Waals surface area contributed by atoms with Crippen LogP contribution in [-0.4, -0.2) is 38.4 Å². The van der Waals surface area contributed by atoms with Crippen LogP contribution in [0, 0.1) is 0 Å². The Labute approximate surface area is 60.7 Å². The molecule has 6 heteroatoms. The second-order valence-corrected chi connectivity index (χ2v) is 2.46. The van der Waals surface area contributed by atoms with Crippen LogP contribution in [-0.2, 0) is 9.59 Å². The summed E-state index contributed by atoms with van der Waals surface area (Å²) in [5.74, 6) is -2.98. The molecule has 0 saturated heterocycles. The molecule has 0 rings (SSSR count). The molecule has 0 aliphatic carbocycles. The quantitative estimate of drug-likeness (QED) is 0.473. The summed E-state index contributed by atoms with van der Waals surface area (Å²) >= 11 is 0.449. The third kappa shape index (κ3) is 4.16. The van der Waals surface area contributed by atoms with E-state index < -0.39 is 23.1 Å². The Hall–Kier alpha value is -0.750. The van der Waals surface area contributed by atoms with Crippen molar-refractivity contribution < 1.29 is 24.9 Å². The fourth-order valence-electron chi connectivity index (χ4n) is 0.222. The van der Waals surface area contributed by atoms with E-state index in [0.717, 1.165) is 0 Å². The monoisotopic (exact) mass is 166 g/mol. The van der Waals surface area contributed by atoms with Crippen LogP contribution < -0.4 is 0 Å². The van der Waals surface area contributed by atoms with Crippen molar-refractivity contribution in [1.82, 2.24) is 0 Å². The first-order chi connectivity index (χ1) is 4.54. The van der Waals surface area contributed by atoms with Crippen molar-refractivity contribution in [3.63, 3.8) is 0 Å². The summed E-state index contributed by atoms with van der Waals surface area (Å²) < 4.78 is 0. The Morgan fingerprint density at radius 1 is 1.40 bits per heavy atom. The summed E-state index contributed by atoms with van der Waals surface area (Å²) in [6.45, 7) is 0. The third-order valence-electron chi connectivity index (χ3n) is 0.576. The Kier molecular flexibility index (Phi) is 3.82. The van der Waals surface area contributed by atoms with Crippen molar-refractivity contribution in [2.75, 3.05) is 5.75 Å². The molecule has 10 heavy (non-hydrogen) atoms. The van der Waals surface area contributed by atoms with E-state index in [-0.39, 0.29) is 0 Å². The summed E-state index contributed by atoms with van der Waals surface area (Å²) in [6.07, 6.45) is 0. The zero-order chi connectivity index (χ0) is 8.15. The molecule has 0 aromatic rings. The molecule has 0 amide bonds. The topological polar surface area (TPSA) is 94.8 Å². The lowest BCUT2D eigenvalue weighted by Crippen LogP contribution is -2.17. The molecule has 0 saturated carbocycles. The minimum atomic E-state index is -1.64. The first-order valence-electron chi connectivity index (χ1n) is 2.28. The number of carboxylic acid groups (broad SMARTS) is 2. The fourth-order valence-corrected chi connectivity index (χ4v) is 0.665. The van der Waals surface area contributed by atoms with Crippen LogP contribution in [0.1, 0.15) is 0 Å². The summed E-state index contributed by atoms with van der Waals surface area (Å²) in [5.41, 5.74) is -1.64. The van der Waals surface area contributed by atoms with E-state index in [1.54, 1.807) is 0 Å². The molecule has 0 bridgehead atoms. The van der Waals surface area contributed by atoms with Crippen molar-refractivity contribution in [3.05, 3.63) is 0 Å². The Morgan fingerprint density at radius 3 is 2.20 bits per heavy atom. The van der Waals surface area contributed by atoms with E-state index in [0.29, 0.717) is 11.8 Å². The van der Waals surface area contributed by atoms with Gasteiger partial charge in [-0.05, 0) is 0 Å². The molecule has 5 nitrogen and oxygen atoms in total. The first kappa shape index (κ1) is 9.25. The van der Waals surface area contributed by atoms with Gasteiger partial charge in [0.1, 0.15) is 0 Å². The average molecular weight is 166 g/mol. The molecule has 0 spiro atoms. The fraction of sp³-hybridized carbons (Fsp3) is 0.500. The van der Waals surface area contributed by atoms with Crippen molar-refractivity contribution in [1.29, 1.82) is 0 Å². The van der Waals surface area contributed by atoms with Gasteiger partial charge in [-0.1, -0.05) is 0 Å². The van der Waals surface area contributed by atoms with Crippen LogP contribution in [0.25, 0.3) is 0 Å². The van der Waals surface area contributed by atoms with Crippen LogP contribution >= 0.6 is 11.8 Å². The predicted octanol–water partition coefficient (Wildman–Crippen LogP) is -0.793. The van der Waals surface area contributed by atoms with Gasteiger partial charge in [0.2, 0.25) is 0 Å². The maximum absolute atomic E-state index is 9.85. The van der Waals surface area contributed by atoms with Gasteiger partial charge in [-0.2, -0.15) is 0 Å². The molecular formula is C4H6O5S. The van der Waals surface area contributed by atoms with Crippen molar-refractivity contribution in [3.8, 4) is 0 Å². The number of aliphatic hydroxyl groups is 1. The number of rotatable bonds is 4. The number of hydrogen-bond donors (Lipinski definition) is 3. The lowest BCUT2D eigenvalue weighted by molar-refractivity contribution is -0.141. The van der Waals surface area contributed by atoms with Gasteiger partial charge in [0.25, 0.3) is 0 Å². The maximum Gasteiger partial charge on any atom is 0.343 e. The first-order valence-corrected chi connectivity index (χ1v) is 3.33. The van der Waals surface area contributed by atoms with Crippen molar-refractivity contribution in [2.24, 2.45) is 0 Å². The molecule has 0 aromatic heterocycles. The van der Waals surface area contributed by atoms with E-state index >= 15 is 0 Å². The SMILES string of the molecule is O=C(O)CSC(O)C(=O)O. The van der Waals surface area contributed by atoms with Gasteiger partial charge in [-0.15, -0.1) is 11.8 Å². The van der Waals surface area contributed by atoms with Crippen LogP contribution in [0.5, 0.6) is 0 Å². The Bertz CT molecular complexity index is 145. The highest BCUT2D eigenvalue weighted by Gasteiger charge is 2.14. The van der Waals surface area contributed by atoms with Crippen LogP contribution in [0.15, 0.2) is 0 Å². The number of aliphatic carboxylic acids is 2. The molecule has 0 aliphatic rings. The van der Waals surface area contributed by atoms with Crippen LogP contribution in [0.2, 0.25) is 0 Å². The lowest BCUT2D eigenvalue weighted by atomic mass is 10.7. The minimum absolute atomic E-state index is 0.409. The normalized spacial score (nSPS) is 12.5. The predicted molar refractivity (Wildman–Crippen MR) is 33.7 cm³/mol. The van der Waals surface area contributed by atoms with Gasteiger partial charge in [-0.3, -0.25) is 4.79 Å². The summed E-state index contributed by atoms with van der Waals surface area (Å²) in [5, 5.41) is 24.5. The van der Waals surface area contributed by atoms with Gasteiger partial charge in [0.05, 0.1) is 5.75 Å². The van der Waals surface area contributed by atoms with Gasteiger partial charge in [0.15, 0.2) is 5.44 Å². The molecule has 1 unspecified atom stereocenters. The zero-order valence-electron chi connectivity index (χ0n) is 4.85. The zero-order valence-corrected chi connectivity index (χ0v) is 5.67. The van der Waals surface area contributed by atoms with Crippen LogP contribution in [0.4, 0.5) is 0 Å². The number of carboxylic acids is 2. The van der Waals surface area contributed by atoms with E-state index in [1.807, 2.05) is 0 Å². The highest BCUT2D eigenvalue weighted by molar-refractivity contribution is 8.01. The standard InChI is InChI=1S/C4H6O5S/c5-2(6)1-10-4(9)3(7)8/h4,9H,1H2,(H,5,6)(H,7,8). The largest absolute Gasteiger partial charge is 0.481 e. The molecular weight excluding hydrogens is 160 g/mol. The third-order valence-corrected chi connectivity index (χ3v) is 1.51. The van der Waals surface area contributed by atoms with Gasteiger partial charge < -0.3 is 15.3 Å². The van der Waals surface area contributed by atoms with Crippen molar-refractivity contribution >= 4 is 23.7 Å². The van der Waals surface area contributed by atoms with E-state index in [4.69, 9.17) is 15.3 Å². The minimum Gasteiger partial charge on any atom is -0.481 e. The van der Waals surface area contributed by atoms with Gasteiger partial charge in [0, 0.05) is 0 Å². The molecule has 58 valence electrons. The van der Waals surface area contributed by atoms with Gasteiger partial charge >= 0.3 is 11.9 Å². The summed E-state index contributed by atoms with van der Waals surface area (Å²) in [4.78, 5) is 19.6. The average Bonchev–Trinajstić information content (AvgIpc) is 1.82. The van der Waals surface area contributed by atoms with Crippen molar-refractivity contribution in [2.45, 2.75) is 5.44 Å². The highest BCUT2D eigenvalue weighted by Crippen LogP contribution is 2.06. The number of thioether (sulfide) groups is 1. The maximum atomic E-state index is 9.85. The molecule has 0 fully saturated rings. The lowest BCUT2D eigenvalue weighted by Gasteiger charge is -2.00. The molecule has 3 N–H and O–H groups in total. The second kappa shape index (κ2) is 4.13. The van der Waals surface area contributed by atoms with E-state index in [2.05, 4.69) is 0 Å². The summed E-state index contributed by atoms with van der Waals surface area (Å²) in [7, 11) is 0. The molecule has 0 aromatic carbocycles. The van der Waals surface area contributed by atoms with Gasteiger partial charge in [-0.25, -0.2) is 4.79 Å². The van der Waals surface area contributed by atoms with E-state index in [9.17, 15) is 9.59 Å². The smallest absolute Gasteiger partial charge is 0.343 e. The molecule has 1 atom stereocenters. The number of carbonyl (C=O) groups is 2. The Balaban J connectivity index is 3.49. The van der Waals surface area contributed by atoms with Crippen LogP contribution in [0.3, 0.4) is 0 Å². The highest BCUT2D eigenvalue weighted by atomic mass is 32.2. The number of aliphatic hydroxyl groups excluding tert-OH is 1. The number of hydrogen-bond acceptors (Lipinski definition) is 4. The second-order valence-electron chi connectivity index (χ2n) is 1.40. The van der Waals surface area contributed by atoms with E-state index in [1.165, 1.54) is 0 Å².